The van der Waals surface area contributed by atoms with Crippen molar-refractivity contribution < 1.29 is 23.9 Å². The molecule has 1 saturated heterocycles. The van der Waals surface area contributed by atoms with Crippen LogP contribution in [0, 0.1) is 11.8 Å². The van der Waals surface area contributed by atoms with Crippen LogP contribution in [0.1, 0.15) is 39.0 Å². The van der Waals surface area contributed by atoms with Gasteiger partial charge in [-0.05, 0) is 31.0 Å². The summed E-state index contributed by atoms with van der Waals surface area (Å²) in [5.41, 5.74) is 0.934. The Hall–Kier alpha value is -2.90. The highest BCUT2D eigenvalue weighted by atomic mass is 16.5. The standard InChI is InChI=1S/C20H25N3O5/c1-12(24)21-13-7-8-17(28-2)16(11-13)22-18(25)9-10-23-19(26)14-5-3-4-6-15(14)20(23)27/h7-8,11,14-15H,3-6,9-10H2,1-2H3,(H,21,24)(H,22,25)/t14-,15+. The lowest BCUT2D eigenvalue weighted by Gasteiger charge is -2.19. The molecular formula is C20H25N3O5. The van der Waals surface area contributed by atoms with Crippen molar-refractivity contribution in [2.75, 3.05) is 24.3 Å². The molecule has 2 atom stereocenters. The first kappa shape index (κ1) is 19.9. The first-order valence-electron chi connectivity index (χ1n) is 9.51. The van der Waals surface area contributed by atoms with Crippen LogP contribution in [0.2, 0.25) is 0 Å². The van der Waals surface area contributed by atoms with Crippen LogP contribution in [0.4, 0.5) is 11.4 Å². The van der Waals surface area contributed by atoms with E-state index in [1.165, 1.54) is 18.9 Å². The molecular weight excluding hydrogens is 362 g/mol. The zero-order valence-corrected chi connectivity index (χ0v) is 16.1. The molecule has 0 bridgehead atoms. The molecule has 8 nitrogen and oxygen atoms in total. The van der Waals surface area contributed by atoms with Gasteiger partial charge in [0, 0.05) is 25.6 Å². The van der Waals surface area contributed by atoms with Crippen molar-refractivity contribution in [3.63, 3.8) is 0 Å². The normalized spacial score (nSPS) is 21.3. The first-order valence-corrected chi connectivity index (χ1v) is 9.51. The summed E-state index contributed by atoms with van der Waals surface area (Å²) in [4.78, 5) is 49.8. The number of benzene rings is 1. The highest BCUT2D eigenvalue weighted by Gasteiger charge is 2.47. The summed E-state index contributed by atoms with van der Waals surface area (Å²) in [6, 6.07) is 4.90. The Bertz CT molecular complexity index is 783. The average Bonchev–Trinajstić information content (AvgIpc) is 2.91. The van der Waals surface area contributed by atoms with Gasteiger partial charge in [0.05, 0.1) is 24.6 Å². The third kappa shape index (κ3) is 4.16. The Morgan fingerprint density at radius 2 is 1.75 bits per heavy atom. The van der Waals surface area contributed by atoms with Crippen LogP contribution in [0.25, 0.3) is 0 Å². The van der Waals surface area contributed by atoms with Crippen LogP contribution in [0.15, 0.2) is 18.2 Å². The Labute approximate surface area is 163 Å². The molecule has 1 aromatic carbocycles. The molecule has 2 aliphatic rings. The zero-order chi connectivity index (χ0) is 20.3. The van der Waals surface area contributed by atoms with Crippen LogP contribution in [0.5, 0.6) is 5.75 Å². The Morgan fingerprint density at radius 3 is 2.32 bits per heavy atom. The van der Waals surface area contributed by atoms with Gasteiger partial charge >= 0.3 is 0 Å². The number of amides is 4. The van der Waals surface area contributed by atoms with Gasteiger partial charge in [-0.1, -0.05) is 12.8 Å². The maximum atomic E-state index is 12.5. The molecule has 1 aliphatic heterocycles. The number of hydrogen-bond acceptors (Lipinski definition) is 5. The monoisotopic (exact) mass is 387 g/mol. The van der Waals surface area contributed by atoms with E-state index in [0.29, 0.717) is 17.1 Å². The quantitative estimate of drug-likeness (QED) is 0.728. The van der Waals surface area contributed by atoms with Gasteiger partial charge in [0.15, 0.2) is 0 Å². The molecule has 1 saturated carbocycles. The number of hydrogen-bond donors (Lipinski definition) is 2. The van der Waals surface area contributed by atoms with Gasteiger partial charge in [-0.2, -0.15) is 0 Å². The fraction of sp³-hybridized carbons (Fsp3) is 0.500. The van der Waals surface area contributed by atoms with Crippen LogP contribution in [-0.2, 0) is 19.2 Å². The molecule has 0 aromatic heterocycles. The lowest BCUT2D eigenvalue weighted by Crippen LogP contribution is -2.34. The van der Waals surface area contributed by atoms with E-state index >= 15 is 0 Å². The van der Waals surface area contributed by atoms with Crippen LogP contribution in [0.3, 0.4) is 0 Å². The second kappa shape index (κ2) is 8.41. The molecule has 0 unspecified atom stereocenters. The molecule has 2 fully saturated rings. The largest absolute Gasteiger partial charge is 0.495 e. The molecule has 0 spiro atoms. The van der Waals surface area contributed by atoms with Gasteiger partial charge in [-0.15, -0.1) is 0 Å². The first-order chi connectivity index (χ1) is 13.4. The number of likely N-dealkylation sites (tertiary alicyclic amines) is 1. The molecule has 28 heavy (non-hydrogen) atoms. The summed E-state index contributed by atoms with van der Waals surface area (Å²) in [5, 5.41) is 5.37. The number of nitrogens with one attached hydrogen (secondary N) is 2. The highest BCUT2D eigenvalue weighted by Crippen LogP contribution is 2.38. The minimum atomic E-state index is -0.339. The van der Waals surface area contributed by atoms with E-state index in [1.807, 2.05) is 0 Å². The average molecular weight is 387 g/mol. The lowest BCUT2D eigenvalue weighted by molar-refractivity contribution is -0.140. The second-order valence-electron chi connectivity index (χ2n) is 7.22. The zero-order valence-electron chi connectivity index (χ0n) is 16.1. The Kier molecular flexibility index (Phi) is 5.96. The maximum absolute atomic E-state index is 12.5. The predicted molar refractivity (Wildman–Crippen MR) is 103 cm³/mol. The third-order valence-corrected chi connectivity index (χ3v) is 5.29. The number of carbonyl (C=O) groups excluding carboxylic acids is 4. The van der Waals surface area contributed by atoms with Gasteiger partial charge in [0.2, 0.25) is 23.6 Å². The van der Waals surface area contributed by atoms with Crippen molar-refractivity contribution in [1.29, 1.82) is 0 Å². The predicted octanol–water partition coefficient (Wildman–Crippen LogP) is 2.16. The summed E-state index contributed by atoms with van der Waals surface area (Å²) >= 11 is 0. The number of methoxy groups -OCH3 is 1. The third-order valence-electron chi connectivity index (χ3n) is 5.29. The summed E-state index contributed by atoms with van der Waals surface area (Å²) in [7, 11) is 1.48. The number of rotatable bonds is 6. The van der Waals surface area contributed by atoms with E-state index in [4.69, 9.17) is 4.74 Å². The van der Waals surface area contributed by atoms with Crippen molar-refractivity contribution in [2.45, 2.75) is 39.0 Å². The summed E-state index contributed by atoms with van der Waals surface area (Å²) in [6.45, 7) is 1.47. The van der Waals surface area contributed by atoms with Gasteiger partial charge < -0.3 is 15.4 Å². The second-order valence-corrected chi connectivity index (χ2v) is 7.22. The molecule has 150 valence electrons. The number of nitrogens with zero attached hydrogens (tertiary/aromatic N) is 1. The van der Waals surface area contributed by atoms with E-state index in [0.717, 1.165) is 25.7 Å². The SMILES string of the molecule is COc1ccc(NC(C)=O)cc1NC(=O)CCN1C(=O)[C@H]2CCCC[C@H]2C1=O. The van der Waals surface area contributed by atoms with E-state index in [2.05, 4.69) is 10.6 Å². The van der Waals surface area contributed by atoms with E-state index in [-0.39, 0.29) is 48.4 Å². The highest BCUT2D eigenvalue weighted by molar-refractivity contribution is 6.05. The molecule has 3 rings (SSSR count). The van der Waals surface area contributed by atoms with Crippen molar-refractivity contribution in [3.8, 4) is 5.75 Å². The van der Waals surface area contributed by atoms with Crippen molar-refractivity contribution >= 4 is 35.0 Å². The topological polar surface area (TPSA) is 105 Å². The fourth-order valence-electron chi connectivity index (χ4n) is 3.96. The fourth-order valence-corrected chi connectivity index (χ4v) is 3.96. The molecule has 4 amide bonds. The minimum absolute atomic E-state index is 0.00440. The van der Waals surface area contributed by atoms with E-state index < -0.39 is 0 Å². The Morgan fingerprint density at radius 1 is 1.11 bits per heavy atom. The summed E-state index contributed by atoms with van der Waals surface area (Å²) in [6.07, 6.45) is 3.46. The van der Waals surface area contributed by atoms with Crippen molar-refractivity contribution in [1.82, 2.24) is 4.90 Å². The molecule has 1 heterocycles. The lowest BCUT2D eigenvalue weighted by atomic mass is 9.81. The molecule has 1 aromatic rings. The van der Waals surface area contributed by atoms with Crippen LogP contribution < -0.4 is 15.4 Å². The molecule has 0 radical (unpaired) electrons. The molecule has 1 aliphatic carbocycles. The number of fused-ring (bicyclic) bond motifs is 1. The van der Waals surface area contributed by atoms with E-state index in [9.17, 15) is 19.2 Å². The Balaban J connectivity index is 1.62. The van der Waals surface area contributed by atoms with Gasteiger partial charge in [-0.3, -0.25) is 24.1 Å². The number of anilines is 2. The number of ether oxygens (including phenoxy) is 1. The van der Waals surface area contributed by atoms with Crippen LogP contribution >= 0.6 is 0 Å². The van der Waals surface area contributed by atoms with Gasteiger partial charge in [0.25, 0.3) is 0 Å². The number of carbonyl (C=O) groups is 4. The smallest absolute Gasteiger partial charge is 0.233 e. The molecule has 2 N–H and O–H groups in total. The number of imide groups is 1. The molecule has 8 heteroatoms. The van der Waals surface area contributed by atoms with Crippen LogP contribution in [-0.4, -0.2) is 42.2 Å². The van der Waals surface area contributed by atoms with Crippen molar-refractivity contribution in [3.05, 3.63) is 18.2 Å². The summed E-state index contributed by atoms with van der Waals surface area (Å²) < 4.78 is 5.24. The van der Waals surface area contributed by atoms with Crippen molar-refractivity contribution in [2.24, 2.45) is 11.8 Å². The summed E-state index contributed by atoms with van der Waals surface area (Å²) in [5.74, 6) is -0.830. The minimum Gasteiger partial charge on any atom is -0.495 e. The maximum Gasteiger partial charge on any atom is 0.233 e. The van der Waals surface area contributed by atoms with Gasteiger partial charge in [0.1, 0.15) is 5.75 Å². The van der Waals surface area contributed by atoms with E-state index in [1.54, 1.807) is 18.2 Å². The van der Waals surface area contributed by atoms with Gasteiger partial charge in [-0.25, -0.2) is 0 Å².